The number of hydrogen-bond acceptors (Lipinski definition) is 5. The van der Waals surface area contributed by atoms with E-state index in [1.54, 1.807) is 0 Å². The molecule has 1 saturated heterocycles. The van der Waals surface area contributed by atoms with Crippen molar-refractivity contribution in [2.75, 3.05) is 18.0 Å². The van der Waals surface area contributed by atoms with Crippen molar-refractivity contribution in [2.24, 2.45) is 5.73 Å². The third-order valence-corrected chi connectivity index (χ3v) is 3.73. The quantitative estimate of drug-likeness (QED) is 0.672. The predicted molar refractivity (Wildman–Crippen MR) is 63.8 cm³/mol. The van der Waals surface area contributed by atoms with Gasteiger partial charge in [-0.1, -0.05) is 0 Å². The van der Waals surface area contributed by atoms with Crippen molar-refractivity contribution < 1.29 is 5.11 Å². The Kier molecular flexibility index (Phi) is 2.76. The molecular formula is C11H19N5O. The van der Waals surface area contributed by atoms with Crippen molar-refractivity contribution >= 4 is 5.95 Å². The van der Waals surface area contributed by atoms with Gasteiger partial charge in [0.15, 0.2) is 0 Å². The number of aromatic amines is 1. The lowest BCUT2D eigenvalue weighted by molar-refractivity contribution is 0.0718. The van der Waals surface area contributed by atoms with Crippen LogP contribution in [0.5, 0.6) is 0 Å². The minimum absolute atomic E-state index is 0.156. The molecule has 17 heavy (non-hydrogen) atoms. The van der Waals surface area contributed by atoms with Crippen LogP contribution in [-0.2, 0) is 0 Å². The number of aromatic nitrogens is 3. The van der Waals surface area contributed by atoms with Crippen LogP contribution in [0.1, 0.15) is 37.4 Å². The number of nitrogens with zero attached hydrogens (tertiary/aromatic N) is 3. The fraction of sp³-hybridized carbons (Fsp3) is 0.818. The highest BCUT2D eigenvalue weighted by molar-refractivity contribution is 5.30. The highest BCUT2D eigenvalue weighted by Gasteiger charge is 2.31. The van der Waals surface area contributed by atoms with Gasteiger partial charge in [-0.3, -0.25) is 5.10 Å². The van der Waals surface area contributed by atoms with Gasteiger partial charge in [0.05, 0.1) is 6.10 Å². The molecule has 6 nitrogen and oxygen atoms in total. The van der Waals surface area contributed by atoms with Crippen molar-refractivity contribution in [2.45, 2.75) is 43.7 Å². The van der Waals surface area contributed by atoms with E-state index in [1.165, 1.54) is 0 Å². The molecule has 94 valence electrons. The van der Waals surface area contributed by atoms with Gasteiger partial charge < -0.3 is 15.7 Å². The Balaban J connectivity index is 1.67. The van der Waals surface area contributed by atoms with Crippen LogP contribution < -0.4 is 10.6 Å². The predicted octanol–water partition coefficient (Wildman–Crippen LogP) is -0.0295. The lowest BCUT2D eigenvalue weighted by Crippen LogP contribution is -2.43. The van der Waals surface area contributed by atoms with Gasteiger partial charge in [0, 0.05) is 25.0 Å². The molecular weight excluding hydrogens is 218 g/mol. The van der Waals surface area contributed by atoms with Crippen molar-refractivity contribution in [3.63, 3.8) is 0 Å². The van der Waals surface area contributed by atoms with Crippen molar-refractivity contribution in [1.29, 1.82) is 0 Å². The summed E-state index contributed by atoms with van der Waals surface area (Å²) in [7, 11) is 0. The first-order chi connectivity index (χ1) is 8.22. The highest BCUT2D eigenvalue weighted by atomic mass is 16.3. The van der Waals surface area contributed by atoms with Crippen LogP contribution in [0.25, 0.3) is 0 Å². The summed E-state index contributed by atoms with van der Waals surface area (Å²) in [6, 6.07) is 0.233. The molecule has 1 saturated carbocycles. The molecule has 0 bridgehead atoms. The van der Waals surface area contributed by atoms with Gasteiger partial charge in [0.25, 0.3) is 0 Å². The summed E-state index contributed by atoms with van der Waals surface area (Å²) in [4.78, 5) is 6.66. The third-order valence-electron chi connectivity index (χ3n) is 3.73. The summed E-state index contributed by atoms with van der Waals surface area (Å²) in [5.74, 6) is 2.02. The average molecular weight is 237 g/mol. The zero-order valence-electron chi connectivity index (χ0n) is 9.84. The van der Waals surface area contributed by atoms with E-state index >= 15 is 0 Å². The molecule has 1 aliphatic heterocycles. The van der Waals surface area contributed by atoms with Crippen LogP contribution in [0.4, 0.5) is 5.95 Å². The van der Waals surface area contributed by atoms with E-state index in [4.69, 9.17) is 5.73 Å². The number of rotatable bonds is 2. The van der Waals surface area contributed by atoms with E-state index in [-0.39, 0.29) is 12.1 Å². The van der Waals surface area contributed by atoms with Gasteiger partial charge >= 0.3 is 0 Å². The fourth-order valence-electron chi connectivity index (χ4n) is 2.59. The molecule has 4 N–H and O–H groups in total. The van der Waals surface area contributed by atoms with Gasteiger partial charge in [0.1, 0.15) is 5.82 Å². The van der Waals surface area contributed by atoms with Crippen LogP contribution in [0, 0.1) is 0 Å². The first kappa shape index (κ1) is 11.0. The molecule has 1 aromatic rings. The van der Waals surface area contributed by atoms with E-state index in [2.05, 4.69) is 20.1 Å². The molecule has 3 rings (SSSR count). The Morgan fingerprint density at radius 3 is 2.94 bits per heavy atom. The Bertz CT molecular complexity index is 387. The van der Waals surface area contributed by atoms with Gasteiger partial charge in [-0.15, -0.1) is 5.10 Å². The number of aliphatic hydroxyl groups excluding tert-OH is 1. The number of aliphatic hydroxyl groups is 1. The molecule has 1 aromatic heterocycles. The maximum absolute atomic E-state index is 9.28. The van der Waals surface area contributed by atoms with Gasteiger partial charge in [-0.2, -0.15) is 4.98 Å². The molecule has 1 unspecified atom stereocenters. The Morgan fingerprint density at radius 1 is 1.41 bits per heavy atom. The van der Waals surface area contributed by atoms with Crippen LogP contribution in [0.3, 0.4) is 0 Å². The first-order valence-corrected chi connectivity index (χ1v) is 6.33. The van der Waals surface area contributed by atoms with E-state index in [0.29, 0.717) is 5.92 Å². The largest absolute Gasteiger partial charge is 0.393 e. The van der Waals surface area contributed by atoms with Crippen LogP contribution >= 0.6 is 0 Å². The smallest absolute Gasteiger partial charge is 0.244 e. The molecule has 2 fully saturated rings. The number of hydrogen-bond donors (Lipinski definition) is 3. The summed E-state index contributed by atoms with van der Waals surface area (Å²) < 4.78 is 0. The Labute approximate surface area is 100 Å². The van der Waals surface area contributed by atoms with Gasteiger partial charge in [-0.25, -0.2) is 0 Å². The molecule has 2 heterocycles. The van der Waals surface area contributed by atoms with Crippen LogP contribution in [-0.4, -0.2) is 45.5 Å². The Hall–Kier alpha value is -1.14. The second-order valence-corrected chi connectivity index (χ2v) is 5.19. The number of H-pyrrole nitrogens is 1. The second-order valence-electron chi connectivity index (χ2n) is 5.19. The second kappa shape index (κ2) is 4.27. The van der Waals surface area contributed by atoms with E-state index in [1.807, 2.05) is 0 Å². The Morgan fingerprint density at radius 2 is 2.24 bits per heavy atom. The van der Waals surface area contributed by atoms with E-state index in [0.717, 1.165) is 50.5 Å². The molecule has 6 heteroatoms. The first-order valence-electron chi connectivity index (χ1n) is 6.33. The lowest BCUT2D eigenvalue weighted by atomic mass is 9.82. The minimum atomic E-state index is -0.156. The van der Waals surface area contributed by atoms with Crippen molar-refractivity contribution in [3.8, 4) is 0 Å². The average Bonchev–Trinajstić information content (AvgIpc) is 2.74. The van der Waals surface area contributed by atoms with Crippen molar-refractivity contribution in [1.82, 2.24) is 15.2 Å². The summed E-state index contributed by atoms with van der Waals surface area (Å²) in [6.07, 6.45) is 3.63. The van der Waals surface area contributed by atoms with E-state index in [9.17, 15) is 5.11 Å². The molecule has 1 aliphatic carbocycles. The normalized spacial score (nSPS) is 33.5. The van der Waals surface area contributed by atoms with Gasteiger partial charge in [-0.05, 0) is 25.7 Å². The summed E-state index contributed by atoms with van der Waals surface area (Å²) >= 11 is 0. The standard InChI is InChI=1S/C11H19N5O/c12-8-2-1-3-16(6-8)11-13-10(14-15-11)7-4-9(17)5-7/h7-9,17H,1-6,12H2,(H,13,14,15). The summed E-state index contributed by atoms with van der Waals surface area (Å²) in [6.45, 7) is 1.82. The van der Waals surface area contributed by atoms with Crippen LogP contribution in [0.15, 0.2) is 0 Å². The molecule has 0 aromatic carbocycles. The van der Waals surface area contributed by atoms with E-state index < -0.39 is 0 Å². The molecule has 0 amide bonds. The van der Waals surface area contributed by atoms with Crippen molar-refractivity contribution in [3.05, 3.63) is 5.82 Å². The highest BCUT2D eigenvalue weighted by Crippen LogP contribution is 2.35. The zero-order chi connectivity index (χ0) is 11.8. The van der Waals surface area contributed by atoms with Crippen LogP contribution in [0.2, 0.25) is 0 Å². The third kappa shape index (κ3) is 2.14. The maximum atomic E-state index is 9.28. The summed E-state index contributed by atoms with van der Waals surface area (Å²) in [5, 5.41) is 16.5. The summed E-state index contributed by atoms with van der Waals surface area (Å²) in [5.41, 5.74) is 5.94. The molecule has 1 atom stereocenters. The number of nitrogens with two attached hydrogens (primary N) is 1. The SMILES string of the molecule is NC1CCCN(c2n[nH]c(C3CC(O)C3)n2)C1. The fourth-order valence-corrected chi connectivity index (χ4v) is 2.59. The van der Waals surface area contributed by atoms with Gasteiger partial charge in [0.2, 0.25) is 5.95 Å². The zero-order valence-corrected chi connectivity index (χ0v) is 9.84. The maximum Gasteiger partial charge on any atom is 0.244 e. The lowest BCUT2D eigenvalue weighted by Gasteiger charge is -2.30. The molecule has 2 aliphatic rings. The minimum Gasteiger partial charge on any atom is -0.393 e. The number of anilines is 1. The molecule has 0 spiro atoms. The number of nitrogens with one attached hydrogen (secondary N) is 1. The number of piperidine rings is 1. The molecule has 0 radical (unpaired) electrons. The topological polar surface area (TPSA) is 91.1 Å². The monoisotopic (exact) mass is 237 g/mol.